The van der Waals surface area contributed by atoms with Gasteiger partial charge in [0.15, 0.2) is 0 Å². The lowest BCUT2D eigenvalue weighted by atomic mass is 9.85. The van der Waals surface area contributed by atoms with E-state index >= 15 is 0 Å². The van der Waals surface area contributed by atoms with Gasteiger partial charge in [0.2, 0.25) is 18.1 Å². The van der Waals surface area contributed by atoms with Crippen molar-refractivity contribution in [3.05, 3.63) is 28.8 Å². The Kier molecular flexibility index (Phi) is 8.27. The number of nitrogen functional groups attached to an aromatic ring is 1. The lowest BCUT2D eigenvalue weighted by Gasteiger charge is -2.35. The number of nitrogens with two attached hydrogens (primary N) is 1. The van der Waals surface area contributed by atoms with Gasteiger partial charge in [0.05, 0.1) is 17.1 Å². The number of nitrogens with zero attached hydrogens (tertiary/aromatic N) is 1. The number of nitrogens with one attached hydrogen (secondary N) is 2. The number of carbonyl (C=O) groups is 4. The highest BCUT2D eigenvalue weighted by molar-refractivity contribution is 6.33. The third-order valence-electron chi connectivity index (χ3n) is 6.11. The minimum absolute atomic E-state index is 0.00188. The van der Waals surface area contributed by atoms with E-state index in [4.69, 9.17) is 26.8 Å². The molecule has 1 aromatic rings. The molecule has 0 aliphatic carbocycles. The highest BCUT2D eigenvalue weighted by Gasteiger charge is 2.44. The number of esters is 1. The minimum Gasteiger partial charge on any atom is -0.433 e. The SMILES string of the molecule is CCOC1OC(=O)C[C@H]1NC(=O)[C@@H]1CCCN1C(=O)[C@@H](NC(=O)c1ccc(N)c(Cl)c1)C(C)(C)C. The highest BCUT2D eigenvalue weighted by atomic mass is 35.5. The number of anilines is 1. The van der Waals surface area contributed by atoms with Gasteiger partial charge in [-0.15, -0.1) is 0 Å². The number of hydrogen-bond acceptors (Lipinski definition) is 7. The molecule has 3 rings (SSSR count). The van der Waals surface area contributed by atoms with Crippen LogP contribution >= 0.6 is 11.6 Å². The van der Waals surface area contributed by atoms with E-state index in [-0.39, 0.29) is 28.8 Å². The topological polar surface area (TPSA) is 140 Å². The minimum atomic E-state index is -0.896. The van der Waals surface area contributed by atoms with Crippen LogP contribution in [0.25, 0.3) is 0 Å². The molecule has 0 radical (unpaired) electrons. The normalized spacial score (nSPS) is 23.1. The summed E-state index contributed by atoms with van der Waals surface area (Å²) < 4.78 is 10.5. The van der Waals surface area contributed by atoms with Crippen molar-refractivity contribution in [2.45, 2.75) is 71.4 Å². The van der Waals surface area contributed by atoms with Crippen LogP contribution < -0.4 is 16.4 Å². The largest absolute Gasteiger partial charge is 0.433 e. The zero-order valence-corrected chi connectivity index (χ0v) is 21.2. The molecular weight excluding hydrogens is 476 g/mol. The summed E-state index contributed by atoms with van der Waals surface area (Å²) in [6.45, 7) is 7.98. The number of halogens is 1. The molecule has 10 nitrogen and oxygen atoms in total. The Labute approximate surface area is 209 Å². The highest BCUT2D eigenvalue weighted by Crippen LogP contribution is 2.27. The zero-order chi connectivity index (χ0) is 25.9. The predicted octanol–water partition coefficient (Wildman–Crippen LogP) is 1.85. The van der Waals surface area contributed by atoms with E-state index in [1.54, 1.807) is 6.92 Å². The summed E-state index contributed by atoms with van der Waals surface area (Å²) in [5, 5.41) is 5.86. The summed E-state index contributed by atoms with van der Waals surface area (Å²) in [5.41, 5.74) is 5.71. The first-order valence-electron chi connectivity index (χ1n) is 11.7. The number of cyclic esters (lactones) is 1. The van der Waals surface area contributed by atoms with Gasteiger partial charge >= 0.3 is 5.97 Å². The quantitative estimate of drug-likeness (QED) is 0.377. The van der Waals surface area contributed by atoms with E-state index in [1.807, 2.05) is 20.8 Å². The molecule has 192 valence electrons. The van der Waals surface area contributed by atoms with Crippen LogP contribution in [0.1, 0.15) is 57.3 Å². The van der Waals surface area contributed by atoms with E-state index in [0.29, 0.717) is 31.7 Å². The first-order chi connectivity index (χ1) is 16.4. The fourth-order valence-electron chi connectivity index (χ4n) is 4.25. The van der Waals surface area contributed by atoms with Crippen molar-refractivity contribution >= 4 is 41.0 Å². The molecule has 4 N–H and O–H groups in total. The van der Waals surface area contributed by atoms with Crippen molar-refractivity contribution in [2.24, 2.45) is 5.41 Å². The van der Waals surface area contributed by atoms with Crippen molar-refractivity contribution < 1.29 is 28.7 Å². The Bertz CT molecular complexity index is 995. The molecular formula is C24H33ClN4O6. The van der Waals surface area contributed by atoms with Crippen LogP contribution in [0.2, 0.25) is 5.02 Å². The Hall–Kier alpha value is -2.85. The Morgan fingerprint density at radius 3 is 2.66 bits per heavy atom. The van der Waals surface area contributed by atoms with Crippen molar-refractivity contribution in [3.8, 4) is 0 Å². The molecule has 2 saturated heterocycles. The molecule has 0 spiro atoms. The van der Waals surface area contributed by atoms with Gasteiger partial charge in [0.25, 0.3) is 5.91 Å². The van der Waals surface area contributed by atoms with Crippen LogP contribution in [0.4, 0.5) is 5.69 Å². The fourth-order valence-corrected chi connectivity index (χ4v) is 4.43. The lowest BCUT2D eigenvalue weighted by molar-refractivity contribution is -0.164. The maximum atomic E-state index is 13.6. The van der Waals surface area contributed by atoms with Crippen LogP contribution in [0, 0.1) is 5.41 Å². The molecule has 0 aromatic heterocycles. The monoisotopic (exact) mass is 508 g/mol. The molecule has 1 unspecified atom stereocenters. The number of amides is 3. The molecule has 2 aliphatic rings. The number of ether oxygens (including phenoxy) is 2. The van der Waals surface area contributed by atoms with Crippen LogP contribution in [0.5, 0.6) is 0 Å². The number of rotatable bonds is 7. The zero-order valence-electron chi connectivity index (χ0n) is 20.4. The predicted molar refractivity (Wildman–Crippen MR) is 129 cm³/mol. The third kappa shape index (κ3) is 6.24. The second-order valence-corrected chi connectivity index (χ2v) is 10.2. The Morgan fingerprint density at radius 2 is 2.03 bits per heavy atom. The average Bonchev–Trinajstić information content (AvgIpc) is 3.39. The summed E-state index contributed by atoms with van der Waals surface area (Å²) in [6.07, 6.45) is 0.255. The van der Waals surface area contributed by atoms with Gasteiger partial charge < -0.3 is 30.7 Å². The Balaban J connectivity index is 1.74. The number of likely N-dealkylation sites (tertiary alicyclic amines) is 1. The maximum Gasteiger partial charge on any atom is 0.310 e. The standard InChI is InChI=1S/C24H33ClN4O6/c1-5-34-23-16(12-18(30)35-23)27-21(32)17-7-6-10-29(17)22(33)19(24(2,3)4)28-20(31)13-8-9-15(26)14(25)11-13/h8-9,11,16-17,19,23H,5-7,10,12,26H2,1-4H3,(H,27,32)(H,28,31)/t16-,17+,19-,23?/m1/s1. The number of hydrogen-bond donors (Lipinski definition) is 3. The maximum absolute atomic E-state index is 13.6. The molecule has 11 heteroatoms. The Morgan fingerprint density at radius 1 is 1.31 bits per heavy atom. The summed E-state index contributed by atoms with van der Waals surface area (Å²) >= 11 is 6.05. The van der Waals surface area contributed by atoms with Gasteiger partial charge in [-0.1, -0.05) is 32.4 Å². The van der Waals surface area contributed by atoms with Gasteiger partial charge in [0, 0.05) is 18.7 Å². The molecule has 0 saturated carbocycles. The van der Waals surface area contributed by atoms with Gasteiger partial charge in [-0.3, -0.25) is 19.2 Å². The third-order valence-corrected chi connectivity index (χ3v) is 6.44. The molecule has 3 amide bonds. The summed E-state index contributed by atoms with van der Waals surface area (Å²) in [6, 6.07) is 2.26. The second-order valence-electron chi connectivity index (χ2n) is 9.83. The van der Waals surface area contributed by atoms with E-state index in [1.165, 1.54) is 23.1 Å². The number of benzene rings is 1. The first-order valence-corrected chi connectivity index (χ1v) is 12.1. The van der Waals surface area contributed by atoms with Crippen LogP contribution in [-0.4, -0.2) is 66.2 Å². The van der Waals surface area contributed by atoms with Gasteiger partial charge in [-0.2, -0.15) is 0 Å². The summed E-state index contributed by atoms with van der Waals surface area (Å²) in [4.78, 5) is 52.9. The van der Waals surface area contributed by atoms with Crippen LogP contribution in [0.3, 0.4) is 0 Å². The molecule has 1 aromatic carbocycles. The van der Waals surface area contributed by atoms with Crippen molar-refractivity contribution in [3.63, 3.8) is 0 Å². The van der Waals surface area contributed by atoms with Crippen LogP contribution in [-0.2, 0) is 23.9 Å². The fraction of sp³-hybridized carbons (Fsp3) is 0.583. The average molecular weight is 509 g/mol. The summed E-state index contributed by atoms with van der Waals surface area (Å²) in [5.74, 6) is -1.66. The van der Waals surface area contributed by atoms with E-state index in [0.717, 1.165) is 0 Å². The van der Waals surface area contributed by atoms with Gasteiger partial charge in [-0.25, -0.2) is 0 Å². The molecule has 2 fully saturated rings. The van der Waals surface area contributed by atoms with Gasteiger partial charge in [-0.05, 0) is 43.4 Å². The molecule has 4 atom stereocenters. The van der Waals surface area contributed by atoms with E-state index < -0.39 is 41.7 Å². The lowest BCUT2D eigenvalue weighted by Crippen LogP contribution is -2.58. The van der Waals surface area contributed by atoms with Crippen molar-refractivity contribution in [1.29, 1.82) is 0 Å². The van der Waals surface area contributed by atoms with Crippen molar-refractivity contribution in [1.82, 2.24) is 15.5 Å². The van der Waals surface area contributed by atoms with Crippen molar-refractivity contribution in [2.75, 3.05) is 18.9 Å². The molecule has 35 heavy (non-hydrogen) atoms. The molecule has 2 heterocycles. The van der Waals surface area contributed by atoms with E-state index in [9.17, 15) is 19.2 Å². The number of carbonyl (C=O) groups excluding carboxylic acids is 4. The molecule has 0 bridgehead atoms. The summed E-state index contributed by atoms with van der Waals surface area (Å²) in [7, 11) is 0. The van der Waals surface area contributed by atoms with Crippen LogP contribution in [0.15, 0.2) is 18.2 Å². The first kappa shape index (κ1) is 26.7. The smallest absolute Gasteiger partial charge is 0.310 e. The molecule has 2 aliphatic heterocycles. The van der Waals surface area contributed by atoms with E-state index in [2.05, 4.69) is 10.6 Å². The second kappa shape index (κ2) is 10.8. The van der Waals surface area contributed by atoms with Gasteiger partial charge in [0.1, 0.15) is 18.1 Å².